The van der Waals surface area contributed by atoms with Crippen molar-refractivity contribution >= 4 is 43.6 Å². The molecule has 0 saturated heterocycles. The number of rotatable bonds is 5. The molecular formula is C44H28N6. The Balaban J connectivity index is 1.26. The van der Waals surface area contributed by atoms with E-state index in [1.807, 2.05) is 78.9 Å². The molecule has 6 nitrogen and oxygen atoms in total. The molecule has 234 valence electrons. The fraction of sp³-hybridized carbons (Fsp3) is 0. The summed E-state index contributed by atoms with van der Waals surface area (Å²) in [5, 5.41) is 4.67. The lowest BCUT2D eigenvalue weighted by Gasteiger charge is -2.11. The van der Waals surface area contributed by atoms with Crippen LogP contribution in [-0.4, -0.2) is 29.1 Å². The largest absolute Gasteiger partial charge is 0.309 e. The summed E-state index contributed by atoms with van der Waals surface area (Å²) in [6.07, 6.45) is 0. The number of imidazole rings is 1. The number of hydrogen-bond donors (Lipinski definition) is 0. The molecule has 0 aliphatic heterocycles. The summed E-state index contributed by atoms with van der Waals surface area (Å²) in [6.45, 7) is 0. The van der Waals surface area contributed by atoms with Crippen LogP contribution in [0.2, 0.25) is 0 Å². The van der Waals surface area contributed by atoms with Crippen LogP contribution in [0.3, 0.4) is 0 Å². The highest BCUT2D eigenvalue weighted by atomic mass is 15.1. The lowest BCUT2D eigenvalue weighted by molar-refractivity contribution is 1.01. The number of hydrogen-bond acceptors (Lipinski definition) is 4. The van der Waals surface area contributed by atoms with Crippen molar-refractivity contribution in [3.05, 3.63) is 170 Å². The third-order valence-electron chi connectivity index (χ3n) is 9.33. The molecule has 0 unspecified atom stereocenters. The summed E-state index contributed by atoms with van der Waals surface area (Å²) < 4.78 is 4.53. The normalized spacial score (nSPS) is 11.6. The van der Waals surface area contributed by atoms with Crippen molar-refractivity contribution in [2.45, 2.75) is 0 Å². The first-order valence-corrected chi connectivity index (χ1v) is 16.7. The van der Waals surface area contributed by atoms with Gasteiger partial charge in [0.2, 0.25) is 0 Å². The van der Waals surface area contributed by atoms with E-state index in [0.29, 0.717) is 23.3 Å². The van der Waals surface area contributed by atoms with Gasteiger partial charge in [0.05, 0.1) is 22.1 Å². The van der Waals surface area contributed by atoms with Gasteiger partial charge < -0.3 is 4.57 Å². The molecule has 0 saturated carbocycles. The van der Waals surface area contributed by atoms with Crippen LogP contribution in [-0.2, 0) is 0 Å². The first kappa shape index (κ1) is 28.1. The monoisotopic (exact) mass is 640 g/mol. The van der Waals surface area contributed by atoms with Gasteiger partial charge in [-0.15, -0.1) is 0 Å². The van der Waals surface area contributed by atoms with Crippen LogP contribution in [0.4, 0.5) is 0 Å². The number of aromatic nitrogens is 6. The summed E-state index contributed by atoms with van der Waals surface area (Å²) in [7, 11) is 0. The van der Waals surface area contributed by atoms with Crippen molar-refractivity contribution in [3.63, 3.8) is 0 Å². The first-order chi connectivity index (χ1) is 24.8. The van der Waals surface area contributed by atoms with Crippen LogP contribution in [0.15, 0.2) is 170 Å². The van der Waals surface area contributed by atoms with Gasteiger partial charge in [-0.3, -0.25) is 4.57 Å². The van der Waals surface area contributed by atoms with Crippen LogP contribution in [0, 0.1) is 0 Å². The van der Waals surface area contributed by atoms with Gasteiger partial charge in [0.1, 0.15) is 0 Å². The van der Waals surface area contributed by atoms with E-state index in [9.17, 15) is 0 Å². The molecule has 7 aromatic carbocycles. The van der Waals surface area contributed by atoms with Gasteiger partial charge in [0.25, 0.3) is 0 Å². The Hall–Kier alpha value is -6.92. The Bertz CT molecular complexity index is 2780. The molecule has 0 bridgehead atoms. The maximum absolute atomic E-state index is 5.28. The fourth-order valence-electron chi connectivity index (χ4n) is 7.04. The fourth-order valence-corrected chi connectivity index (χ4v) is 7.04. The lowest BCUT2D eigenvalue weighted by atomic mass is 10.1. The third-order valence-corrected chi connectivity index (χ3v) is 9.33. The van der Waals surface area contributed by atoms with Crippen molar-refractivity contribution in [2.75, 3.05) is 0 Å². The van der Waals surface area contributed by atoms with E-state index < -0.39 is 0 Å². The van der Waals surface area contributed by atoms with Gasteiger partial charge in [-0.25, -0.2) is 19.9 Å². The summed E-state index contributed by atoms with van der Waals surface area (Å²) in [4.78, 5) is 20.3. The molecule has 0 aliphatic carbocycles. The zero-order valence-electron chi connectivity index (χ0n) is 26.8. The van der Waals surface area contributed by atoms with Crippen molar-refractivity contribution < 1.29 is 0 Å². The Labute approximate surface area is 287 Å². The van der Waals surface area contributed by atoms with Crippen molar-refractivity contribution in [1.82, 2.24) is 29.1 Å². The van der Waals surface area contributed by atoms with E-state index in [0.717, 1.165) is 49.8 Å². The Morgan fingerprint density at radius 2 is 0.840 bits per heavy atom. The molecule has 10 rings (SSSR count). The number of fused-ring (bicyclic) bond motifs is 5. The van der Waals surface area contributed by atoms with Gasteiger partial charge in [0, 0.05) is 33.3 Å². The summed E-state index contributed by atoms with van der Waals surface area (Å²) in [5.74, 6) is 2.36. The van der Waals surface area contributed by atoms with Crippen LogP contribution in [0.5, 0.6) is 0 Å². The highest BCUT2D eigenvalue weighted by molar-refractivity contribution is 6.14. The number of para-hydroxylation sites is 3. The second-order valence-electron chi connectivity index (χ2n) is 12.4. The number of nitrogens with zero attached hydrogens (tertiary/aromatic N) is 6. The maximum atomic E-state index is 5.28. The van der Waals surface area contributed by atoms with E-state index in [1.54, 1.807) is 0 Å². The first-order valence-electron chi connectivity index (χ1n) is 16.7. The zero-order valence-corrected chi connectivity index (χ0v) is 26.8. The molecular weight excluding hydrogens is 613 g/mol. The minimum absolute atomic E-state index is 0.508. The second kappa shape index (κ2) is 11.4. The van der Waals surface area contributed by atoms with Gasteiger partial charge in [-0.05, 0) is 65.4 Å². The minimum atomic E-state index is 0.508. The zero-order chi connectivity index (χ0) is 33.0. The third kappa shape index (κ3) is 4.58. The summed E-state index contributed by atoms with van der Waals surface area (Å²) in [6, 6.07) is 58.7. The lowest BCUT2D eigenvalue weighted by Crippen LogP contribution is -2.04. The van der Waals surface area contributed by atoms with Crippen molar-refractivity contribution in [1.29, 1.82) is 0 Å². The molecule has 0 N–H and O–H groups in total. The average molecular weight is 641 g/mol. The number of benzene rings is 7. The Morgan fingerprint density at radius 1 is 0.340 bits per heavy atom. The van der Waals surface area contributed by atoms with E-state index in [1.165, 1.54) is 16.3 Å². The van der Waals surface area contributed by atoms with Crippen LogP contribution < -0.4 is 0 Å². The van der Waals surface area contributed by atoms with Crippen molar-refractivity contribution in [3.8, 4) is 45.8 Å². The Kier molecular flexibility index (Phi) is 6.39. The molecule has 10 aromatic rings. The highest BCUT2D eigenvalue weighted by Crippen LogP contribution is 2.37. The quantitative estimate of drug-likeness (QED) is 0.188. The molecule has 0 atom stereocenters. The molecule has 0 amide bonds. The van der Waals surface area contributed by atoms with Gasteiger partial charge >= 0.3 is 0 Å². The van der Waals surface area contributed by atoms with Crippen LogP contribution in [0.25, 0.3) is 89.4 Å². The van der Waals surface area contributed by atoms with E-state index >= 15 is 0 Å². The smallest absolute Gasteiger partial charge is 0.200 e. The topological polar surface area (TPSA) is 61.4 Å². The standard InChI is InChI=1S/C44H28N6/c1-5-15-29(16-6-1)41-46-42(30-17-7-2-8-18-30)48-43(47-41)44-45-37-26-31-25-36-35-23-13-14-24-38(35)49(33-19-9-3-10-20-33)39(36)27-32(31)28-40(37)50(44)34-21-11-4-12-22-34/h1-28H. The molecule has 0 spiro atoms. The highest BCUT2D eigenvalue weighted by Gasteiger charge is 2.21. The minimum Gasteiger partial charge on any atom is -0.309 e. The predicted octanol–water partition coefficient (Wildman–Crippen LogP) is 10.5. The molecule has 3 heterocycles. The summed E-state index contributed by atoms with van der Waals surface area (Å²) in [5.41, 5.74) is 8.13. The van der Waals surface area contributed by atoms with Gasteiger partial charge in [-0.2, -0.15) is 0 Å². The summed E-state index contributed by atoms with van der Waals surface area (Å²) >= 11 is 0. The average Bonchev–Trinajstić information content (AvgIpc) is 3.72. The molecule has 6 heteroatoms. The van der Waals surface area contributed by atoms with Gasteiger partial charge in [0.15, 0.2) is 23.3 Å². The van der Waals surface area contributed by atoms with Crippen LogP contribution >= 0.6 is 0 Å². The SMILES string of the molecule is c1ccc(-c2nc(-c3ccccc3)nc(-c3nc4cc5cc6c7ccccc7n(-c7ccccc7)c6cc5cc4n3-c3ccccc3)n2)cc1. The maximum Gasteiger partial charge on any atom is 0.200 e. The predicted molar refractivity (Wildman–Crippen MR) is 203 cm³/mol. The van der Waals surface area contributed by atoms with E-state index in [4.69, 9.17) is 19.9 Å². The van der Waals surface area contributed by atoms with E-state index in [2.05, 4.69) is 100 Å². The second-order valence-corrected chi connectivity index (χ2v) is 12.4. The molecule has 0 radical (unpaired) electrons. The molecule has 3 aromatic heterocycles. The Morgan fingerprint density at radius 3 is 1.48 bits per heavy atom. The molecule has 0 aliphatic rings. The van der Waals surface area contributed by atoms with Gasteiger partial charge in [-0.1, -0.05) is 115 Å². The molecule has 50 heavy (non-hydrogen) atoms. The van der Waals surface area contributed by atoms with Crippen LogP contribution in [0.1, 0.15) is 0 Å². The van der Waals surface area contributed by atoms with Crippen molar-refractivity contribution in [2.24, 2.45) is 0 Å². The molecule has 0 fully saturated rings. The van der Waals surface area contributed by atoms with E-state index in [-0.39, 0.29) is 0 Å².